The largest absolute Gasteiger partial charge is 0.462 e. The fourth-order valence-electron chi connectivity index (χ4n) is 2.56. The number of hydrogen-bond donors (Lipinski definition) is 1. The van der Waals surface area contributed by atoms with Crippen LogP contribution in [0.1, 0.15) is 39.3 Å². The monoisotopic (exact) mass is 359 g/mol. The number of pyridine rings is 1. The predicted octanol–water partition coefficient (Wildman–Crippen LogP) is 3.70. The summed E-state index contributed by atoms with van der Waals surface area (Å²) in [6, 6.07) is 2.35. The van der Waals surface area contributed by atoms with Crippen LogP contribution < -0.4 is 10.2 Å². The number of carbonyl (C=O) groups excluding carboxylic acids is 1. The number of rotatable bonds is 3. The van der Waals surface area contributed by atoms with Crippen LogP contribution in [0.4, 0.5) is 24.7 Å². The second kappa shape index (κ2) is 7.09. The fourth-order valence-corrected chi connectivity index (χ4v) is 2.56. The molecule has 1 N–H and O–H groups in total. The van der Waals surface area contributed by atoms with Crippen LogP contribution in [0.15, 0.2) is 12.1 Å². The molecule has 1 aromatic rings. The Morgan fingerprint density at radius 2 is 1.84 bits per heavy atom. The Bertz CT molecular complexity index is 619. The van der Waals surface area contributed by atoms with Crippen molar-refractivity contribution in [2.24, 2.45) is 5.41 Å². The van der Waals surface area contributed by atoms with Crippen LogP contribution in [0, 0.1) is 5.41 Å². The molecule has 0 saturated carbocycles. The first-order valence-corrected chi connectivity index (χ1v) is 8.24. The van der Waals surface area contributed by atoms with E-state index in [0.29, 0.717) is 31.6 Å². The highest BCUT2D eigenvalue weighted by Gasteiger charge is 2.34. The molecule has 5 nitrogen and oxygen atoms in total. The van der Waals surface area contributed by atoms with E-state index in [1.54, 1.807) is 32.7 Å². The van der Waals surface area contributed by atoms with Gasteiger partial charge in [-0.1, -0.05) is 0 Å². The molecule has 0 atom stereocenters. The van der Waals surface area contributed by atoms with Crippen molar-refractivity contribution in [3.8, 4) is 0 Å². The summed E-state index contributed by atoms with van der Waals surface area (Å²) >= 11 is 0. The number of carbonyl (C=O) groups is 1. The fraction of sp³-hybridized carbons (Fsp3) is 0.647. The van der Waals surface area contributed by atoms with Gasteiger partial charge in [0.2, 0.25) is 0 Å². The van der Waals surface area contributed by atoms with E-state index in [1.807, 2.05) is 0 Å². The number of ether oxygens (including phenoxy) is 1. The molecule has 140 valence electrons. The number of aromatic nitrogens is 1. The smallest absolute Gasteiger partial charge is 0.433 e. The van der Waals surface area contributed by atoms with Gasteiger partial charge in [0.05, 0.1) is 11.1 Å². The van der Waals surface area contributed by atoms with Crippen LogP contribution >= 0.6 is 0 Å². The van der Waals surface area contributed by atoms with Gasteiger partial charge in [0.15, 0.2) is 5.82 Å². The average molecular weight is 359 g/mol. The molecule has 8 heteroatoms. The van der Waals surface area contributed by atoms with Gasteiger partial charge >= 0.3 is 12.1 Å². The zero-order valence-corrected chi connectivity index (χ0v) is 14.9. The molecule has 0 spiro atoms. The standard InChI is InChI=1S/C17H24F3N3O2/c1-16(2,3)15(24)25-11-7-9-23(10-8-11)14-12(21-4)5-6-13(22-14)17(18,19)20/h5-6,11,21H,7-10H2,1-4H3. The minimum absolute atomic E-state index is 0.216. The van der Waals surface area contributed by atoms with E-state index in [-0.39, 0.29) is 17.9 Å². The van der Waals surface area contributed by atoms with Crippen molar-refractivity contribution in [3.63, 3.8) is 0 Å². The van der Waals surface area contributed by atoms with Gasteiger partial charge < -0.3 is 15.0 Å². The van der Waals surface area contributed by atoms with Crippen molar-refractivity contribution in [1.29, 1.82) is 0 Å². The van der Waals surface area contributed by atoms with Gasteiger partial charge in [-0.25, -0.2) is 4.98 Å². The Kier molecular flexibility index (Phi) is 5.49. The summed E-state index contributed by atoms with van der Waals surface area (Å²) in [5.74, 6) is 0.0111. The highest BCUT2D eigenvalue weighted by atomic mass is 19.4. The van der Waals surface area contributed by atoms with Gasteiger partial charge in [-0.15, -0.1) is 0 Å². The minimum Gasteiger partial charge on any atom is -0.462 e. The van der Waals surface area contributed by atoms with Crippen LogP contribution in [-0.2, 0) is 15.7 Å². The Balaban J connectivity index is 2.08. The molecule has 2 rings (SSSR count). The number of nitrogens with zero attached hydrogens (tertiary/aromatic N) is 2. The number of piperidine rings is 1. The van der Waals surface area contributed by atoms with Gasteiger partial charge in [-0.05, 0) is 32.9 Å². The van der Waals surface area contributed by atoms with E-state index in [9.17, 15) is 18.0 Å². The number of nitrogens with one attached hydrogen (secondary N) is 1. The van der Waals surface area contributed by atoms with Gasteiger partial charge in [-0.2, -0.15) is 13.2 Å². The maximum absolute atomic E-state index is 12.9. The second-order valence-corrected chi connectivity index (χ2v) is 7.16. The van der Waals surface area contributed by atoms with E-state index in [4.69, 9.17) is 4.74 Å². The number of alkyl halides is 3. The lowest BCUT2D eigenvalue weighted by Crippen LogP contribution is -2.40. The lowest BCUT2D eigenvalue weighted by atomic mass is 9.97. The first-order valence-electron chi connectivity index (χ1n) is 8.24. The second-order valence-electron chi connectivity index (χ2n) is 7.16. The van der Waals surface area contributed by atoms with E-state index in [1.165, 1.54) is 6.07 Å². The van der Waals surface area contributed by atoms with Gasteiger partial charge in [0, 0.05) is 33.0 Å². The van der Waals surface area contributed by atoms with E-state index in [2.05, 4.69) is 10.3 Å². The third-order valence-electron chi connectivity index (χ3n) is 4.06. The first kappa shape index (κ1) is 19.3. The van der Waals surface area contributed by atoms with Gasteiger partial charge in [-0.3, -0.25) is 4.79 Å². The molecule has 0 aliphatic carbocycles. The lowest BCUT2D eigenvalue weighted by Gasteiger charge is -2.34. The highest BCUT2D eigenvalue weighted by molar-refractivity contribution is 5.75. The molecule has 1 aromatic heterocycles. The number of anilines is 2. The zero-order chi connectivity index (χ0) is 18.8. The molecular formula is C17H24F3N3O2. The SMILES string of the molecule is CNc1ccc(C(F)(F)F)nc1N1CCC(OC(=O)C(C)(C)C)CC1. The van der Waals surface area contributed by atoms with Crippen molar-refractivity contribution in [3.05, 3.63) is 17.8 Å². The Morgan fingerprint density at radius 1 is 1.24 bits per heavy atom. The summed E-state index contributed by atoms with van der Waals surface area (Å²) in [4.78, 5) is 17.5. The van der Waals surface area contributed by atoms with E-state index >= 15 is 0 Å². The van der Waals surface area contributed by atoms with Crippen molar-refractivity contribution < 1.29 is 22.7 Å². The maximum atomic E-state index is 12.9. The maximum Gasteiger partial charge on any atom is 0.433 e. The number of esters is 1. The zero-order valence-electron chi connectivity index (χ0n) is 14.9. The third kappa shape index (κ3) is 4.76. The predicted molar refractivity (Wildman–Crippen MR) is 89.6 cm³/mol. The average Bonchev–Trinajstić information content (AvgIpc) is 2.53. The molecule has 1 aliphatic rings. The summed E-state index contributed by atoms with van der Waals surface area (Å²) in [6.07, 6.45) is -3.58. The van der Waals surface area contributed by atoms with Crippen molar-refractivity contribution in [2.75, 3.05) is 30.4 Å². The van der Waals surface area contributed by atoms with Crippen LogP contribution in [0.3, 0.4) is 0 Å². The quantitative estimate of drug-likeness (QED) is 0.834. The van der Waals surface area contributed by atoms with Gasteiger partial charge in [0.1, 0.15) is 11.8 Å². The molecule has 25 heavy (non-hydrogen) atoms. The number of hydrogen-bond acceptors (Lipinski definition) is 5. The molecular weight excluding hydrogens is 335 g/mol. The Hall–Kier alpha value is -1.99. The number of halogens is 3. The van der Waals surface area contributed by atoms with E-state index < -0.39 is 17.3 Å². The molecule has 0 unspecified atom stereocenters. The molecule has 0 radical (unpaired) electrons. The summed E-state index contributed by atoms with van der Waals surface area (Å²) < 4.78 is 44.3. The third-order valence-corrected chi connectivity index (χ3v) is 4.06. The lowest BCUT2D eigenvalue weighted by molar-refractivity contribution is -0.159. The molecule has 1 aliphatic heterocycles. The molecule has 1 fully saturated rings. The van der Waals surface area contributed by atoms with Gasteiger partial charge in [0.25, 0.3) is 0 Å². The topological polar surface area (TPSA) is 54.5 Å². The highest BCUT2D eigenvalue weighted by Crippen LogP contribution is 2.33. The molecule has 1 saturated heterocycles. The summed E-state index contributed by atoms with van der Waals surface area (Å²) in [7, 11) is 1.64. The summed E-state index contributed by atoms with van der Waals surface area (Å²) in [5, 5.41) is 2.88. The van der Waals surface area contributed by atoms with Crippen LogP contribution in [0.5, 0.6) is 0 Å². The Labute approximate surface area is 145 Å². The van der Waals surface area contributed by atoms with Crippen LogP contribution in [-0.4, -0.2) is 37.2 Å². The van der Waals surface area contributed by atoms with Crippen LogP contribution in [0.25, 0.3) is 0 Å². The summed E-state index contributed by atoms with van der Waals surface area (Å²) in [6.45, 7) is 6.32. The van der Waals surface area contributed by atoms with Crippen molar-refractivity contribution in [2.45, 2.75) is 45.9 Å². The van der Waals surface area contributed by atoms with Crippen molar-refractivity contribution in [1.82, 2.24) is 4.98 Å². The first-order chi connectivity index (χ1) is 11.5. The minimum atomic E-state index is -4.48. The summed E-state index contributed by atoms with van der Waals surface area (Å²) in [5.41, 5.74) is -0.945. The Morgan fingerprint density at radius 3 is 2.32 bits per heavy atom. The molecule has 0 bridgehead atoms. The van der Waals surface area contributed by atoms with Crippen LogP contribution in [0.2, 0.25) is 0 Å². The van der Waals surface area contributed by atoms with Crippen molar-refractivity contribution >= 4 is 17.5 Å². The molecule has 0 amide bonds. The normalized spacial score (nSPS) is 16.7. The molecule has 2 heterocycles. The van der Waals surface area contributed by atoms with E-state index in [0.717, 1.165) is 6.07 Å². The molecule has 0 aromatic carbocycles.